The molecule has 182 valence electrons. The fraction of sp³-hybridized carbons (Fsp3) is 0.250. The van der Waals surface area contributed by atoms with Crippen molar-refractivity contribution < 1.29 is 28.2 Å². The van der Waals surface area contributed by atoms with Crippen molar-refractivity contribution in [1.82, 2.24) is 0 Å². The van der Waals surface area contributed by atoms with Gasteiger partial charge in [-0.2, -0.15) is 0 Å². The Morgan fingerprint density at radius 3 is 2.31 bits per heavy atom. The van der Waals surface area contributed by atoms with Gasteiger partial charge in [-0.1, -0.05) is 41.5 Å². The van der Waals surface area contributed by atoms with E-state index in [2.05, 4.69) is 19.9 Å². The van der Waals surface area contributed by atoms with Crippen LogP contribution in [0.5, 0.6) is 17.2 Å². The fourth-order valence-electron chi connectivity index (χ4n) is 3.29. The standard InChI is InChI=1S/C28H28O7/c1-18(2)10-8-11-19(3)16-17-32-23-15-9-14-22-24(23)34-28(31)26(25(22)33-20(4)29)35-27(30)21-12-6-5-7-13-21/h5-7,9-10,12-16H,8,11,17H2,1-4H3/b19-16+. The fourth-order valence-corrected chi connectivity index (χ4v) is 3.29. The number of benzene rings is 2. The van der Waals surface area contributed by atoms with Gasteiger partial charge in [0.15, 0.2) is 17.1 Å². The van der Waals surface area contributed by atoms with Gasteiger partial charge in [0, 0.05) is 6.92 Å². The van der Waals surface area contributed by atoms with E-state index in [-0.39, 0.29) is 28.9 Å². The summed E-state index contributed by atoms with van der Waals surface area (Å²) >= 11 is 0. The van der Waals surface area contributed by atoms with E-state index in [9.17, 15) is 14.4 Å². The molecule has 1 aromatic heterocycles. The Hall–Kier alpha value is -4.13. The van der Waals surface area contributed by atoms with Gasteiger partial charge in [0.25, 0.3) is 5.75 Å². The molecule has 3 rings (SSSR count). The topological polar surface area (TPSA) is 92.0 Å². The number of carbonyl (C=O) groups excluding carboxylic acids is 2. The summed E-state index contributed by atoms with van der Waals surface area (Å²) in [5, 5.41) is 0.262. The van der Waals surface area contributed by atoms with E-state index in [0.29, 0.717) is 5.75 Å². The van der Waals surface area contributed by atoms with Crippen LogP contribution >= 0.6 is 0 Å². The second-order valence-electron chi connectivity index (χ2n) is 8.21. The summed E-state index contributed by atoms with van der Waals surface area (Å²) < 4.78 is 21.9. The third-order valence-electron chi connectivity index (χ3n) is 5.02. The maximum atomic E-state index is 12.8. The van der Waals surface area contributed by atoms with Gasteiger partial charge >= 0.3 is 17.6 Å². The van der Waals surface area contributed by atoms with Crippen LogP contribution in [0.25, 0.3) is 11.0 Å². The lowest BCUT2D eigenvalue weighted by Crippen LogP contribution is -2.17. The van der Waals surface area contributed by atoms with E-state index >= 15 is 0 Å². The first-order valence-corrected chi connectivity index (χ1v) is 11.2. The van der Waals surface area contributed by atoms with Crippen molar-refractivity contribution in [2.75, 3.05) is 6.61 Å². The molecule has 0 saturated carbocycles. The molecular formula is C28H28O7. The average molecular weight is 477 g/mol. The van der Waals surface area contributed by atoms with E-state index in [1.165, 1.54) is 30.2 Å². The Morgan fingerprint density at radius 2 is 1.63 bits per heavy atom. The molecule has 0 radical (unpaired) electrons. The molecule has 7 nitrogen and oxygen atoms in total. The van der Waals surface area contributed by atoms with Gasteiger partial charge in [-0.15, -0.1) is 0 Å². The molecule has 0 bridgehead atoms. The number of allylic oxidation sites excluding steroid dienone is 3. The SMILES string of the molecule is CC(=O)Oc1c(OC(=O)c2ccccc2)c(=O)oc2c(OC/C=C(\C)CCC=C(C)C)cccc12. The number of fused-ring (bicyclic) bond motifs is 1. The quantitative estimate of drug-likeness (QED) is 0.212. The summed E-state index contributed by atoms with van der Waals surface area (Å²) in [6.45, 7) is 7.60. The Kier molecular flexibility index (Phi) is 8.62. The molecule has 7 heteroatoms. The van der Waals surface area contributed by atoms with Gasteiger partial charge in [-0.3, -0.25) is 4.79 Å². The van der Waals surface area contributed by atoms with Gasteiger partial charge in [-0.05, 0) is 64.0 Å². The van der Waals surface area contributed by atoms with E-state index in [0.717, 1.165) is 12.8 Å². The molecule has 0 fully saturated rings. The van der Waals surface area contributed by atoms with Crippen LogP contribution in [0.2, 0.25) is 0 Å². The summed E-state index contributed by atoms with van der Waals surface area (Å²) in [6.07, 6.45) is 5.99. The summed E-state index contributed by atoms with van der Waals surface area (Å²) in [5.74, 6) is -1.88. The Balaban J connectivity index is 1.92. The third-order valence-corrected chi connectivity index (χ3v) is 5.02. The second kappa shape index (κ2) is 11.8. The highest BCUT2D eigenvalue weighted by molar-refractivity contribution is 5.95. The molecule has 35 heavy (non-hydrogen) atoms. The van der Waals surface area contributed by atoms with Crippen molar-refractivity contribution in [3.8, 4) is 17.2 Å². The molecule has 0 saturated heterocycles. The number of ether oxygens (including phenoxy) is 3. The highest BCUT2D eigenvalue weighted by atomic mass is 16.6. The van der Waals surface area contributed by atoms with Gasteiger partial charge in [0.2, 0.25) is 0 Å². The van der Waals surface area contributed by atoms with Crippen molar-refractivity contribution in [1.29, 1.82) is 0 Å². The summed E-state index contributed by atoms with van der Waals surface area (Å²) in [5.41, 5.74) is 1.79. The summed E-state index contributed by atoms with van der Waals surface area (Å²) in [6, 6.07) is 13.0. The minimum absolute atomic E-state index is 0.0869. The number of carbonyl (C=O) groups is 2. The lowest BCUT2D eigenvalue weighted by Gasteiger charge is -2.13. The molecule has 1 heterocycles. The van der Waals surface area contributed by atoms with Crippen molar-refractivity contribution in [3.63, 3.8) is 0 Å². The number of para-hydroxylation sites is 1. The van der Waals surface area contributed by atoms with E-state index in [1.54, 1.807) is 36.4 Å². The number of esters is 2. The smallest absolute Gasteiger partial charge is 0.383 e. The molecule has 0 atom stereocenters. The minimum Gasteiger partial charge on any atom is -0.486 e. The largest absolute Gasteiger partial charge is 0.486 e. The predicted molar refractivity (Wildman–Crippen MR) is 133 cm³/mol. The lowest BCUT2D eigenvalue weighted by atomic mass is 10.1. The van der Waals surface area contributed by atoms with Crippen LogP contribution < -0.4 is 19.8 Å². The molecule has 0 aliphatic heterocycles. The first-order valence-electron chi connectivity index (χ1n) is 11.2. The van der Waals surface area contributed by atoms with Crippen LogP contribution in [-0.2, 0) is 4.79 Å². The van der Waals surface area contributed by atoms with Crippen LogP contribution in [0, 0.1) is 0 Å². The van der Waals surface area contributed by atoms with Gasteiger partial charge < -0.3 is 18.6 Å². The van der Waals surface area contributed by atoms with E-state index in [4.69, 9.17) is 18.6 Å². The first kappa shape index (κ1) is 25.5. The van der Waals surface area contributed by atoms with Crippen molar-refractivity contribution in [3.05, 3.63) is 87.8 Å². The summed E-state index contributed by atoms with van der Waals surface area (Å²) in [7, 11) is 0. The van der Waals surface area contributed by atoms with Crippen LogP contribution in [0.1, 0.15) is 50.9 Å². The Bertz CT molecular complexity index is 1330. The van der Waals surface area contributed by atoms with Gasteiger partial charge in [-0.25, -0.2) is 9.59 Å². The van der Waals surface area contributed by atoms with Crippen LogP contribution in [0.4, 0.5) is 0 Å². The van der Waals surface area contributed by atoms with Crippen molar-refractivity contribution in [2.24, 2.45) is 0 Å². The monoisotopic (exact) mass is 476 g/mol. The number of hydrogen-bond acceptors (Lipinski definition) is 7. The highest BCUT2D eigenvalue weighted by Gasteiger charge is 2.24. The minimum atomic E-state index is -0.970. The normalized spacial score (nSPS) is 11.1. The Labute approximate surface area is 203 Å². The average Bonchev–Trinajstić information content (AvgIpc) is 2.81. The molecular weight excluding hydrogens is 448 g/mol. The molecule has 0 amide bonds. The molecule has 2 aromatic carbocycles. The first-order chi connectivity index (χ1) is 16.8. The van der Waals surface area contributed by atoms with E-state index in [1.807, 2.05) is 13.0 Å². The molecule has 0 unspecified atom stereocenters. The maximum absolute atomic E-state index is 12.8. The number of hydrogen-bond donors (Lipinski definition) is 0. The van der Waals surface area contributed by atoms with E-state index < -0.39 is 23.3 Å². The second-order valence-corrected chi connectivity index (χ2v) is 8.21. The van der Waals surface area contributed by atoms with Crippen molar-refractivity contribution in [2.45, 2.75) is 40.5 Å². The Morgan fingerprint density at radius 1 is 0.886 bits per heavy atom. The van der Waals surface area contributed by atoms with Gasteiger partial charge in [0.1, 0.15) is 6.61 Å². The zero-order chi connectivity index (χ0) is 25.4. The third kappa shape index (κ3) is 6.93. The molecule has 3 aromatic rings. The predicted octanol–water partition coefficient (Wildman–Crippen LogP) is 6.01. The number of rotatable bonds is 9. The molecule has 0 aliphatic rings. The highest BCUT2D eigenvalue weighted by Crippen LogP contribution is 2.37. The lowest BCUT2D eigenvalue weighted by molar-refractivity contribution is -0.131. The molecule has 0 spiro atoms. The zero-order valence-electron chi connectivity index (χ0n) is 20.3. The molecule has 0 N–H and O–H groups in total. The van der Waals surface area contributed by atoms with Crippen LogP contribution in [0.3, 0.4) is 0 Å². The summed E-state index contributed by atoms with van der Waals surface area (Å²) in [4.78, 5) is 37.1. The molecule has 0 aliphatic carbocycles. The van der Waals surface area contributed by atoms with Crippen molar-refractivity contribution >= 4 is 22.9 Å². The van der Waals surface area contributed by atoms with Crippen LogP contribution in [0.15, 0.2) is 81.0 Å². The van der Waals surface area contributed by atoms with Gasteiger partial charge in [0.05, 0.1) is 10.9 Å². The zero-order valence-corrected chi connectivity index (χ0v) is 20.3. The maximum Gasteiger partial charge on any atom is 0.383 e. The van der Waals surface area contributed by atoms with Crippen LogP contribution in [-0.4, -0.2) is 18.5 Å².